The molecular formula is C10H8Cl2O2. The lowest BCUT2D eigenvalue weighted by molar-refractivity contribution is 0.0600. The molecule has 4 heteroatoms. The SMILES string of the molecule is C=Cc1cc(Cl)c(Cl)cc1C(=O)OC. The van der Waals surface area contributed by atoms with Crippen LogP contribution in [0.15, 0.2) is 18.7 Å². The van der Waals surface area contributed by atoms with Crippen LogP contribution < -0.4 is 0 Å². The van der Waals surface area contributed by atoms with Crippen molar-refractivity contribution >= 4 is 35.2 Å². The number of rotatable bonds is 2. The van der Waals surface area contributed by atoms with Gasteiger partial charge in [0.1, 0.15) is 0 Å². The third-order valence-electron chi connectivity index (χ3n) is 1.72. The third-order valence-corrected chi connectivity index (χ3v) is 2.44. The summed E-state index contributed by atoms with van der Waals surface area (Å²) < 4.78 is 4.59. The Balaban J connectivity index is 3.34. The average Bonchev–Trinajstić information content (AvgIpc) is 2.20. The second-order valence-corrected chi connectivity index (χ2v) is 3.36. The molecule has 1 aromatic carbocycles. The molecule has 2 nitrogen and oxygen atoms in total. The zero-order chi connectivity index (χ0) is 10.7. The zero-order valence-electron chi connectivity index (χ0n) is 7.51. The van der Waals surface area contributed by atoms with Crippen LogP contribution in [-0.4, -0.2) is 13.1 Å². The number of esters is 1. The molecule has 0 heterocycles. The summed E-state index contributed by atoms with van der Waals surface area (Å²) in [5.74, 6) is -0.460. The molecule has 0 saturated heterocycles. The van der Waals surface area contributed by atoms with Crippen molar-refractivity contribution in [2.24, 2.45) is 0 Å². The summed E-state index contributed by atoms with van der Waals surface area (Å²) in [6.45, 7) is 3.57. The highest BCUT2D eigenvalue weighted by molar-refractivity contribution is 6.42. The molecule has 0 amide bonds. The van der Waals surface area contributed by atoms with Crippen LogP contribution in [0, 0.1) is 0 Å². The van der Waals surface area contributed by atoms with E-state index in [1.54, 1.807) is 6.07 Å². The second-order valence-electron chi connectivity index (χ2n) is 2.55. The minimum atomic E-state index is -0.460. The Bertz CT molecular complexity index is 386. The molecule has 0 bridgehead atoms. The molecule has 0 atom stereocenters. The molecule has 0 saturated carbocycles. The fourth-order valence-corrected chi connectivity index (χ4v) is 1.35. The van der Waals surface area contributed by atoms with Gasteiger partial charge in [-0.2, -0.15) is 0 Å². The highest BCUT2D eigenvalue weighted by Crippen LogP contribution is 2.26. The van der Waals surface area contributed by atoms with E-state index in [2.05, 4.69) is 11.3 Å². The Morgan fingerprint density at radius 1 is 1.43 bits per heavy atom. The molecule has 74 valence electrons. The van der Waals surface area contributed by atoms with Gasteiger partial charge >= 0.3 is 5.97 Å². The summed E-state index contributed by atoms with van der Waals surface area (Å²) in [4.78, 5) is 11.3. The van der Waals surface area contributed by atoms with Crippen LogP contribution in [-0.2, 0) is 4.74 Å². The molecule has 0 aliphatic rings. The van der Waals surface area contributed by atoms with E-state index in [0.717, 1.165) is 0 Å². The van der Waals surface area contributed by atoms with E-state index < -0.39 is 5.97 Å². The van der Waals surface area contributed by atoms with Gasteiger partial charge in [0.25, 0.3) is 0 Å². The van der Waals surface area contributed by atoms with Gasteiger partial charge in [-0.25, -0.2) is 4.79 Å². The molecule has 1 rings (SSSR count). The number of carbonyl (C=O) groups is 1. The Kier molecular flexibility index (Phi) is 3.55. The van der Waals surface area contributed by atoms with Gasteiger partial charge in [-0.1, -0.05) is 35.9 Å². The topological polar surface area (TPSA) is 26.3 Å². The van der Waals surface area contributed by atoms with Crippen LogP contribution in [0.5, 0.6) is 0 Å². The first-order valence-corrected chi connectivity index (χ1v) is 4.55. The molecule has 0 unspecified atom stereocenters. The summed E-state index contributed by atoms with van der Waals surface area (Å²) >= 11 is 11.6. The number of benzene rings is 1. The summed E-state index contributed by atoms with van der Waals surface area (Å²) in [5, 5.41) is 0.701. The van der Waals surface area contributed by atoms with Crippen molar-refractivity contribution in [3.8, 4) is 0 Å². The summed E-state index contributed by atoms with van der Waals surface area (Å²) in [6.07, 6.45) is 1.52. The molecule has 0 spiro atoms. The maximum atomic E-state index is 11.3. The average molecular weight is 231 g/mol. The lowest BCUT2D eigenvalue weighted by Crippen LogP contribution is -2.03. The quantitative estimate of drug-likeness (QED) is 0.729. The van der Waals surface area contributed by atoms with Crippen molar-refractivity contribution in [3.05, 3.63) is 39.9 Å². The molecule has 0 aliphatic carbocycles. The lowest BCUT2D eigenvalue weighted by atomic mass is 10.1. The van der Waals surface area contributed by atoms with Crippen molar-refractivity contribution in [1.82, 2.24) is 0 Å². The second kappa shape index (κ2) is 4.49. The molecule has 0 aromatic heterocycles. The fraction of sp³-hybridized carbons (Fsp3) is 0.100. The van der Waals surface area contributed by atoms with Crippen LogP contribution in [0.3, 0.4) is 0 Å². The Morgan fingerprint density at radius 3 is 2.50 bits per heavy atom. The van der Waals surface area contributed by atoms with Crippen molar-refractivity contribution < 1.29 is 9.53 Å². The monoisotopic (exact) mass is 230 g/mol. The maximum Gasteiger partial charge on any atom is 0.338 e. The predicted octanol–water partition coefficient (Wildman–Crippen LogP) is 3.42. The number of methoxy groups -OCH3 is 1. The molecule has 0 fully saturated rings. The normalized spacial score (nSPS) is 9.64. The minimum Gasteiger partial charge on any atom is -0.465 e. The third kappa shape index (κ3) is 2.08. The van der Waals surface area contributed by atoms with E-state index in [1.807, 2.05) is 0 Å². The van der Waals surface area contributed by atoms with Crippen LogP contribution in [0.2, 0.25) is 10.0 Å². The standard InChI is InChI=1S/C10H8Cl2O2/c1-3-6-4-8(11)9(12)5-7(6)10(13)14-2/h3-5H,1H2,2H3. The van der Waals surface area contributed by atoms with Crippen LogP contribution >= 0.6 is 23.2 Å². The highest BCUT2D eigenvalue weighted by Gasteiger charge is 2.12. The van der Waals surface area contributed by atoms with Gasteiger partial charge in [-0.15, -0.1) is 0 Å². The van der Waals surface area contributed by atoms with E-state index in [1.165, 1.54) is 19.3 Å². The summed E-state index contributed by atoms with van der Waals surface area (Å²) in [6, 6.07) is 3.04. The van der Waals surface area contributed by atoms with Crippen LogP contribution in [0.25, 0.3) is 6.08 Å². The van der Waals surface area contributed by atoms with E-state index in [4.69, 9.17) is 23.2 Å². The van der Waals surface area contributed by atoms with Crippen molar-refractivity contribution in [2.45, 2.75) is 0 Å². The lowest BCUT2D eigenvalue weighted by Gasteiger charge is -2.05. The molecule has 14 heavy (non-hydrogen) atoms. The first-order chi connectivity index (χ1) is 6.60. The first kappa shape index (κ1) is 11.1. The number of halogens is 2. The van der Waals surface area contributed by atoms with Gasteiger partial charge in [-0.3, -0.25) is 0 Å². The van der Waals surface area contributed by atoms with Gasteiger partial charge in [0.2, 0.25) is 0 Å². The highest BCUT2D eigenvalue weighted by atomic mass is 35.5. The summed E-state index contributed by atoms with van der Waals surface area (Å²) in [7, 11) is 1.30. The maximum absolute atomic E-state index is 11.3. The fourth-order valence-electron chi connectivity index (χ4n) is 1.02. The van der Waals surface area contributed by atoms with E-state index in [0.29, 0.717) is 21.2 Å². The van der Waals surface area contributed by atoms with Gasteiger partial charge < -0.3 is 4.74 Å². The smallest absolute Gasteiger partial charge is 0.338 e. The minimum absolute atomic E-state index is 0.317. The van der Waals surface area contributed by atoms with Crippen LogP contribution in [0.4, 0.5) is 0 Å². The van der Waals surface area contributed by atoms with Gasteiger partial charge in [0, 0.05) is 0 Å². The van der Waals surface area contributed by atoms with E-state index >= 15 is 0 Å². The van der Waals surface area contributed by atoms with Crippen molar-refractivity contribution in [1.29, 1.82) is 0 Å². The Morgan fingerprint density at radius 2 is 2.00 bits per heavy atom. The van der Waals surface area contributed by atoms with Gasteiger partial charge in [0.05, 0.1) is 22.7 Å². The van der Waals surface area contributed by atoms with Gasteiger partial charge in [-0.05, 0) is 17.7 Å². The number of ether oxygens (including phenoxy) is 1. The van der Waals surface area contributed by atoms with E-state index in [9.17, 15) is 4.79 Å². The molecule has 0 N–H and O–H groups in total. The number of hydrogen-bond donors (Lipinski definition) is 0. The molecule has 1 aromatic rings. The number of hydrogen-bond acceptors (Lipinski definition) is 2. The predicted molar refractivity (Wildman–Crippen MR) is 57.9 cm³/mol. The molecule has 0 aliphatic heterocycles. The Labute approximate surface area is 92.1 Å². The van der Waals surface area contributed by atoms with Crippen LogP contribution in [0.1, 0.15) is 15.9 Å². The first-order valence-electron chi connectivity index (χ1n) is 3.80. The Hall–Kier alpha value is -0.990. The summed E-state index contributed by atoms with van der Waals surface area (Å²) in [5.41, 5.74) is 0.961. The largest absolute Gasteiger partial charge is 0.465 e. The number of carbonyl (C=O) groups excluding carboxylic acids is 1. The van der Waals surface area contributed by atoms with E-state index in [-0.39, 0.29) is 0 Å². The molecular weight excluding hydrogens is 223 g/mol. The molecule has 0 radical (unpaired) electrons. The van der Waals surface area contributed by atoms with Gasteiger partial charge in [0.15, 0.2) is 0 Å². The van der Waals surface area contributed by atoms with Crippen molar-refractivity contribution in [3.63, 3.8) is 0 Å². The van der Waals surface area contributed by atoms with Crippen molar-refractivity contribution in [2.75, 3.05) is 7.11 Å². The zero-order valence-corrected chi connectivity index (χ0v) is 9.02.